The van der Waals surface area contributed by atoms with Crippen LogP contribution in [0.1, 0.15) is 19.4 Å². The minimum Gasteiger partial charge on any atom is -0.453 e. The molecule has 1 aliphatic rings. The molecule has 1 fully saturated rings. The molecule has 0 bridgehead atoms. The molecule has 2 amide bonds. The topological polar surface area (TPSA) is 190 Å². The van der Waals surface area contributed by atoms with Gasteiger partial charge in [0.25, 0.3) is 11.5 Å². The first-order chi connectivity index (χ1) is 15.1. The van der Waals surface area contributed by atoms with E-state index in [2.05, 4.69) is 20.2 Å². The minimum atomic E-state index is -1.20. The molecule has 2 rings (SSSR count). The van der Waals surface area contributed by atoms with Crippen molar-refractivity contribution in [2.45, 2.75) is 32.5 Å². The highest BCUT2D eigenvalue weighted by atomic mass is 16.6. The molecule has 1 saturated heterocycles. The predicted molar refractivity (Wildman–Crippen MR) is 106 cm³/mol. The van der Waals surface area contributed by atoms with E-state index in [1.54, 1.807) is 6.92 Å². The number of ketones is 1. The van der Waals surface area contributed by atoms with E-state index in [4.69, 9.17) is 4.74 Å². The van der Waals surface area contributed by atoms with Gasteiger partial charge in [0.05, 0.1) is 24.0 Å². The molecule has 32 heavy (non-hydrogen) atoms. The van der Waals surface area contributed by atoms with Crippen molar-refractivity contribution >= 4 is 35.2 Å². The van der Waals surface area contributed by atoms with Gasteiger partial charge in [0.2, 0.25) is 5.91 Å². The fourth-order valence-electron chi connectivity index (χ4n) is 3.23. The molecule has 0 radical (unpaired) electrons. The molecule has 1 aliphatic heterocycles. The summed E-state index contributed by atoms with van der Waals surface area (Å²) in [6.45, 7) is 2.67. The number of hydrogen-bond donors (Lipinski definition) is 2. The maximum atomic E-state index is 12.7. The third-order valence-corrected chi connectivity index (χ3v) is 5.06. The van der Waals surface area contributed by atoms with Crippen LogP contribution >= 0.6 is 0 Å². The number of β-lactam (4-membered cyclic amide) rings is 1. The van der Waals surface area contributed by atoms with Crippen LogP contribution in [-0.2, 0) is 30.5 Å². The number of nitro benzene ring substituents is 1. The number of rotatable bonds is 9. The summed E-state index contributed by atoms with van der Waals surface area (Å²) >= 11 is 0. The lowest BCUT2D eigenvalue weighted by Crippen LogP contribution is -2.68. The van der Waals surface area contributed by atoms with Crippen molar-refractivity contribution in [3.05, 3.63) is 45.5 Å². The molecule has 0 unspecified atom stereocenters. The summed E-state index contributed by atoms with van der Waals surface area (Å²) in [5, 5.41) is 15.7. The highest BCUT2D eigenvalue weighted by molar-refractivity contribution is 6.62. The molecule has 1 aromatic carbocycles. The number of nitro groups is 1. The largest absolute Gasteiger partial charge is 0.453 e. The number of nitrogens with zero attached hydrogens (tertiary/aromatic N) is 3. The van der Waals surface area contributed by atoms with Crippen LogP contribution in [0.2, 0.25) is 0 Å². The first-order valence-corrected chi connectivity index (χ1v) is 9.42. The lowest BCUT2D eigenvalue weighted by Gasteiger charge is -2.42. The van der Waals surface area contributed by atoms with Crippen LogP contribution in [0, 0.1) is 22.0 Å². The number of carbonyl (C=O) groups excluding carboxylic acids is 4. The Morgan fingerprint density at radius 2 is 1.91 bits per heavy atom. The fraction of sp³-hybridized carbons (Fsp3) is 0.421. The number of non-ortho nitro benzene ring substituents is 1. The van der Waals surface area contributed by atoms with E-state index in [1.807, 2.05) is 0 Å². The summed E-state index contributed by atoms with van der Waals surface area (Å²) in [6.07, 6.45) is -0.748. The number of hydrogen-bond acceptors (Lipinski definition) is 8. The van der Waals surface area contributed by atoms with Crippen LogP contribution in [0.3, 0.4) is 0 Å². The molecule has 0 saturated carbocycles. The lowest BCUT2D eigenvalue weighted by molar-refractivity contribution is -0.384. The van der Waals surface area contributed by atoms with Crippen molar-refractivity contribution < 1.29 is 38.4 Å². The van der Waals surface area contributed by atoms with E-state index in [0.717, 1.165) is 0 Å². The molecule has 0 aliphatic carbocycles. The molecule has 170 valence electrons. The average Bonchev–Trinajstić information content (AvgIpc) is 2.75. The molecule has 13 heteroatoms. The summed E-state index contributed by atoms with van der Waals surface area (Å²) in [7, 11) is 1.17. The molecule has 13 nitrogen and oxygen atoms in total. The predicted octanol–water partition coefficient (Wildman–Crippen LogP) is 0.373. The number of esters is 1. The fourth-order valence-corrected chi connectivity index (χ4v) is 3.23. The van der Waals surface area contributed by atoms with Crippen molar-refractivity contribution in [1.82, 2.24) is 10.6 Å². The smallest absolute Gasteiger partial charge is 0.441 e. The summed E-state index contributed by atoms with van der Waals surface area (Å²) in [5.74, 6) is -4.23. The lowest BCUT2D eigenvalue weighted by atomic mass is 9.75. The minimum absolute atomic E-state index is 0.144. The average molecular weight is 447 g/mol. The number of Topliss-reactive ketones (excluding diaryl/α,β-unsaturated/α-hetero) is 1. The van der Waals surface area contributed by atoms with E-state index < -0.39 is 58.3 Å². The van der Waals surface area contributed by atoms with E-state index in [9.17, 15) is 34.8 Å². The highest BCUT2D eigenvalue weighted by Gasteiger charge is 2.50. The Labute approximate surface area is 181 Å². The van der Waals surface area contributed by atoms with E-state index in [-0.39, 0.29) is 12.3 Å². The summed E-state index contributed by atoms with van der Waals surface area (Å²) in [5.41, 5.74) is 8.59. The van der Waals surface area contributed by atoms with Crippen molar-refractivity contribution in [2.24, 2.45) is 11.8 Å². The third kappa shape index (κ3) is 5.32. The number of ether oxygens (including phenoxy) is 2. The number of amides is 2. The number of carbonyl (C=O) groups is 4. The maximum Gasteiger partial charge on any atom is 0.441 e. The third-order valence-electron chi connectivity index (χ3n) is 5.06. The molecule has 2 N–H and O–H groups in total. The zero-order valence-corrected chi connectivity index (χ0v) is 17.4. The van der Waals surface area contributed by atoms with Crippen molar-refractivity contribution in [1.29, 1.82) is 0 Å². The highest BCUT2D eigenvalue weighted by Crippen LogP contribution is 2.26. The van der Waals surface area contributed by atoms with Crippen molar-refractivity contribution in [2.75, 3.05) is 7.11 Å². The monoisotopic (exact) mass is 447 g/mol. The van der Waals surface area contributed by atoms with Gasteiger partial charge in [-0.1, -0.05) is 6.92 Å². The molecule has 0 aromatic heterocycles. The second kappa shape index (κ2) is 10.3. The van der Waals surface area contributed by atoms with Gasteiger partial charge in [-0.2, -0.15) is 4.79 Å². The summed E-state index contributed by atoms with van der Waals surface area (Å²) < 4.78 is 9.46. The van der Waals surface area contributed by atoms with Gasteiger partial charge in [-0.25, -0.2) is 9.59 Å². The van der Waals surface area contributed by atoms with E-state index in [0.29, 0.717) is 5.56 Å². The van der Waals surface area contributed by atoms with Gasteiger partial charge >= 0.3 is 17.8 Å². The van der Waals surface area contributed by atoms with Crippen LogP contribution in [0.5, 0.6) is 0 Å². The Morgan fingerprint density at radius 3 is 2.41 bits per heavy atom. The van der Waals surface area contributed by atoms with Crippen LogP contribution in [0.25, 0.3) is 5.53 Å². The Hall–Kier alpha value is -4.12. The molecular weight excluding hydrogens is 426 g/mol. The molecule has 4 atom stereocenters. The van der Waals surface area contributed by atoms with Gasteiger partial charge in [0.15, 0.2) is 0 Å². The number of benzene rings is 1. The number of nitrogens with one attached hydrogen (secondary N) is 2. The molecular formula is C19H21N5O8. The number of alkyl carbamates (subject to hydrolysis) is 1. The summed E-state index contributed by atoms with van der Waals surface area (Å²) in [6, 6.07) is 3.79. The standard InChI is InChI=1S/C19H21N5O8/c1-9(14-13(17(26)22-14)10(2)21-19(28)31-3)16(25)15(23-20)18(27)32-8-11-4-6-12(7-5-11)24(29)30/h4-7,9-10,13-14H,8H2,1-3H3,(H,21,28)(H,22,26)/t9-,10-,13-,14-/m1/s1. The van der Waals surface area contributed by atoms with Crippen molar-refractivity contribution in [3.8, 4) is 0 Å². The second-order valence-corrected chi connectivity index (χ2v) is 7.09. The number of methoxy groups -OCH3 is 1. The Bertz CT molecular complexity index is 986. The van der Waals surface area contributed by atoms with E-state index in [1.165, 1.54) is 38.3 Å². The first-order valence-electron chi connectivity index (χ1n) is 9.42. The zero-order valence-electron chi connectivity index (χ0n) is 17.4. The molecule has 1 aromatic rings. The molecule has 1 heterocycles. The van der Waals surface area contributed by atoms with Gasteiger partial charge in [0.1, 0.15) is 6.61 Å². The Balaban J connectivity index is 2.02. The first kappa shape index (κ1) is 24.2. The Morgan fingerprint density at radius 1 is 1.28 bits per heavy atom. The maximum absolute atomic E-state index is 12.7. The van der Waals surface area contributed by atoms with Gasteiger partial charge in [-0.15, -0.1) is 0 Å². The normalized spacial score (nSPS) is 18.7. The van der Waals surface area contributed by atoms with Gasteiger partial charge in [-0.05, 0) is 24.6 Å². The van der Waals surface area contributed by atoms with Gasteiger partial charge < -0.3 is 25.6 Å². The van der Waals surface area contributed by atoms with Crippen molar-refractivity contribution in [3.63, 3.8) is 0 Å². The van der Waals surface area contributed by atoms with Crippen LogP contribution in [-0.4, -0.2) is 58.4 Å². The van der Waals surface area contributed by atoms with Gasteiger partial charge in [-0.3, -0.25) is 19.7 Å². The summed E-state index contributed by atoms with van der Waals surface area (Å²) in [4.78, 5) is 61.1. The zero-order chi connectivity index (χ0) is 24.0. The van der Waals surface area contributed by atoms with Crippen LogP contribution in [0.15, 0.2) is 24.3 Å². The van der Waals surface area contributed by atoms with E-state index >= 15 is 0 Å². The Kier molecular flexibility index (Phi) is 7.75. The second-order valence-electron chi connectivity index (χ2n) is 7.09. The SMILES string of the molecule is COC(=O)N[C@H](C)[C@H]1C(=O)N[C@@H]1[C@@H](C)C(=O)C(=[N+]=[N-])C(=O)OCc1ccc([N+](=O)[O-])cc1. The molecule has 0 spiro atoms. The van der Waals surface area contributed by atoms with Crippen LogP contribution in [0.4, 0.5) is 10.5 Å². The quantitative estimate of drug-likeness (QED) is 0.0793. The van der Waals surface area contributed by atoms with Gasteiger partial charge in [0, 0.05) is 24.1 Å². The van der Waals surface area contributed by atoms with Crippen LogP contribution < -0.4 is 10.6 Å².